The highest BCUT2D eigenvalue weighted by Crippen LogP contribution is 2.26. The van der Waals surface area contributed by atoms with E-state index < -0.39 is 0 Å². The Hall–Kier alpha value is -1.03. The van der Waals surface area contributed by atoms with Crippen LogP contribution in [0.2, 0.25) is 0 Å². The molecular weight excluding hydrogens is 270 g/mol. The molecule has 0 aromatic heterocycles. The molecule has 0 radical (unpaired) electrons. The molecule has 3 nitrogen and oxygen atoms in total. The fraction of sp³-hybridized carbons (Fsp3) is 0.417. The number of nitrogens with zero attached hydrogens (tertiary/aromatic N) is 1. The van der Waals surface area contributed by atoms with E-state index in [2.05, 4.69) is 15.9 Å². The average Bonchev–Trinajstić information content (AvgIpc) is 2.31. The van der Waals surface area contributed by atoms with Gasteiger partial charge < -0.3 is 9.64 Å². The van der Waals surface area contributed by atoms with E-state index in [0.717, 1.165) is 4.47 Å². The van der Waals surface area contributed by atoms with Gasteiger partial charge in [0.15, 0.2) is 0 Å². The molecule has 1 rings (SSSR count). The Morgan fingerprint density at radius 2 is 2.00 bits per heavy atom. The molecule has 1 amide bonds. The second-order valence-electron chi connectivity index (χ2n) is 3.33. The molecule has 16 heavy (non-hydrogen) atoms. The van der Waals surface area contributed by atoms with Crippen molar-refractivity contribution < 1.29 is 9.53 Å². The lowest BCUT2D eigenvalue weighted by atomic mass is 10.2. The lowest BCUT2D eigenvalue weighted by Crippen LogP contribution is -2.30. The molecule has 4 heteroatoms. The molecule has 1 aromatic rings. The molecule has 0 unspecified atom stereocenters. The Morgan fingerprint density at radius 3 is 2.50 bits per heavy atom. The molecule has 0 aliphatic heterocycles. The summed E-state index contributed by atoms with van der Waals surface area (Å²) in [7, 11) is 1.59. The van der Waals surface area contributed by atoms with Crippen molar-refractivity contribution in [2.24, 2.45) is 0 Å². The third kappa shape index (κ3) is 2.76. The lowest BCUT2D eigenvalue weighted by Gasteiger charge is -2.19. The molecule has 0 bridgehead atoms. The topological polar surface area (TPSA) is 29.5 Å². The summed E-state index contributed by atoms with van der Waals surface area (Å²) in [6.45, 7) is 5.37. The zero-order chi connectivity index (χ0) is 12.1. The number of hydrogen-bond donors (Lipinski definition) is 0. The minimum atomic E-state index is 0.0378. The summed E-state index contributed by atoms with van der Waals surface area (Å²) in [5, 5.41) is 0. The van der Waals surface area contributed by atoms with Gasteiger partial charge in [-0.15, -0.1) is 0 Å². The minimum Gasteiger partial charge on any atom is -0.496 e. The van der Waals surface area contributed by atoms with Crippen LogP contribution in [0.1, 0.15) is 24.2 Å². The van der Waals surface area contributed by atoms with Crippen LogP contribution in [-0.2, 0) is 0 Å². The summed E-state index contributed by atoms with van der Waals surface area (Å²) in [6, 6.07) is 5.38. The molecule has 0 fully saturated rings. The summed E-state index contributed by atoms with van der Waals surface area (Å²) < 4.78 is 6.02. The molecule has 0 aliphatic rings. The van der Waals surface area contributed by atoms with Gasteiger partial charge in [0.25, 0.3) is 5.91 Å². The highest BCUT2D eigenvalue weighted by molar-refractivity contribution is 9.10. The molecule has 0 saturated carbocycles. The first-order chi connectivity index (χ1) is 7.63. The normalized spacial score (nSPS) is 10.0. The second kappa shape index (κ2) is 5.89. The van der Waals surface area contributed by atoms with Gasteiger partial charge in [-0.3, -0.25) is 4.79 Å². The number of carbonyl (C=O) groups is 1. The fourth-order valence-electron chi connectivity index (χ4n) is 1.49. The molecule has 0 saturated heterocycles. The molecule has 0 aliphatic carbocycles. The molecule has 0 N–H and O–H groups in total. The van der Waals surface area contributed by atoms with E-state index in [0.29, 0.717) is 24.4 Å². The van der Waals surface area contributed by atoms with Crippen LogP contribution in [0.25, 0.3) is 0 Å². The van der Waals surface area contributed by atoms with Crippen molar-refractivity contribution in [1.29, 1.82) is 0 Å². The van der Waals surface area contributed by atoms with Gasteiger partial charge in [0, 0.05) is 18.7 Å². The van der Waals surface area contributed by atoms with Gasteiger partial charge in [-0.2, -0.15) is 0 Å². The van der Waals surface area contributed by atoms with Gasteiger partial charge in [-0.1, -0.05) is 0 Å². The van der Waals surface area contributed by atoms with Crippen molar-refractivity contribution in [3.05, 3.63) is 28.2 Å². The van der Waals surface area contributed by atoms with Crippen molar-refractivity contribution in [3.8, 4) is 5.75 Å². The number of halogens is 1. The zero-order valence-electron chi connectivity index (χ0n) is 9.79. The Bertz CT molecular complexity index is 375. The van der Waals surface area contributed by atoms with Crippen LogP contribution in [0.5, 0.6) is 5.75 Å². The van der Waals surface area contributed by atoms with Gasteiger partial charge in [0.05, 0.1) is 11.6 Å². The summed E-state index contributed by atoms with van der Waals surface area (Å²) in [6.07, 6.45) is 0. The van der Waals surface area contributed by atoms with Crippen LogP contribution < -0.4 is 4.74 Å². The number of ether oxygens (including phenoxy) is 1. The van der Waals surface area contributed by atoms with Gasteiger partial charge in [0.2, 0.25) is 0 Å². The number of benzene rings is 1. The van der Waals surface area contributed by atoms with Crippen LogP contribution in [-0.4, -0.2) is 31.0 Å². The van der Waals surface area contributed by atoms with Crippen LogP contribution in [0.4, 0.5) is 0 Å². The van der Waals surface area contributed by atoms with Crippen molar-refractivity contribution in [2.45, 2.75) is 13.8 Å². The summed E-state index contributed by atoms with van der Waals surface area (Å²) in [5.41, 5.74) is 0.656. The largest absolute Gasteiger partial charge is 0.496 e. The van der Waals surface area contributed by atoms with Crippen LogP contribution in [0.15, 0.2) is 22.7 Å². The van der Waals surface area contributed by atoms with Crippen LogP contribution in [0.3, 0.4) is 0 Å². The van der Waals surface area contributed by atoms with E-state index in [1.165, 1.54) is 0 Å². The standard InChI is InChI=1S/C12H16BrNO2/c1-4-14(5-2)12(15)9-6-7-10(13)11(8-9)16-3/h6-8H,4-5H2,1-3H3. The van der Waals surface area contributed by atoms with Gasteiger partial charge in [-0.05, 0) is 48.0 Å². The van der Waals surface area contributed by atoms with Gasteiger partial charge in [0.1, 0.15) is 5.75 Å². The van der Waals surface area contributed by atoms with Crippen LogP contribution >= 0.6 is 15.9 Å². The number of hydrogen-bond acceptors (Lipinski definition) is 2. The average molecular weight is 286 g/mol. The van der Waals surface area contributed by atoms with Gasteiger partial charge in [-0.25, -0.2) is 0 Å². The van der Waals surface area contributed by atoms with E-state index in [1.54, 1.807) is 24.1 Å². The highest BCUT2D eigenvalue weighted by atomic mass is 79.9. The molecule has 0 spiro atoms. The first-order valence-corrected chi connectivity index (χ1v) is 6.06. The van der Waals surface area contributed by atoms with E-state index in [-0.39, 0.29) is 5.91 Å². The maximum Gasteiger partial charge on any atom is 0.253 e. The predicted molar refractivity (Wildman–Crippen MR) is 67.9 cm³/mol. The Kier molecular flexibility index (Phi) is 4.80. The van der Waals surface area contributed by atoms with E-state index in [9.17, 15) is 4.79 Å². The van der Waals surface area contributed by atoms with E-state index in [1.807, 2.05) is 19.9 Å². The Labute approximate surface area is 105 Å². The monoisotopic (exact) mass is 285 g/mol. The Morgan fingerprint density at radius 1 is 1.38 bits per heavy atom. The van der Waals surface area contributed by atoms with Crippen molar-refractivity contribution in [1.82, 2.24) is 4.90 Å². The molecule has 0 atom stereocenters. The minimum absolute atomic E-state index is 0.0378. The highest BCUT2D eigenvalue weighted by Gasteiger charge is 2.13. The van der Waals surface area contributed by atoms with Crippen molar-refractivity contribution in [2.75, 3.05) is 20.2 Å². The van der Waals surface area contributed by atoms with Crippen LogP contribution in [0, 0.1) is 0 Å². The number of methoxy groups -OCH3 is 1. The maximum absolute atomic E-state index is 12.0. The van der Waals surface area contributed by atoms with E-state index in [4.69, 9.17) is 4.74 Å². The summed E-state index contributed by atoms with van der Waals surface area (Å²) in [4.78, 5) is 13.8. The van der Waals surface area contributed by atoms with E-state index >= 15 is 0 Å². The summed E-state index contributed by atoms with van der Waals surface area (Å²) >= 11 is 3.36. The zero-order valence-corrected chi connectivity index (χ0v) is 11.4. The van der Waals surface area contributed by atoms with Gasteiger partial charge >= 0.3 is 0 Å². The first-order valence-electron chi connectivity index (χ1n) is 5.26. The first kappa shape index (κ1) is 13.0. The molecule has 0 heterocycles. The third-order valence-electron chi connectivity index (χ3n) is 2.45. The molecule has 88 valence electrons. The fourth-order valence-corrected chi connectivity index (χ4v) is 1.89. The predicted octanol–water partition coefficient (Wildman–Crippen LogP) is 2.94. The quantitative estimate of drug-likeness (QED) is 0.851. The van der Waals surface area contributed by atoms with Crippen molar-refractivity contribution in [3.63, 3.8) is 0 Å². The summed E-state index contributed by atoms with van der Waals surface area (Å²) in [5.74, 6) is 0.716. The number of rotatable bonds is 4. The molecular formula is C12H16BrNO2. The molecule has 1 aromatic carbocycles. The SMILES string of the molecule is CCN(CC)C(=O)c1ccc(Br)c(OC)c1. The lowest BCUT2D eigenvalue weighted by molar-refractivity contribution is 0.0772. The third-order valence-corrected chi connectivity index (χ3v) is 3.10. The van der Waals surface area contributed by atoms with Crippen molar-refractivity contribution >= 4 is 21.8 Å². The Balaban J connectivity index is 3.00. The second-order valence-corrected chi connectivity index (χ2v) is 4.18. The number of carbonyl (C=O) groups excluding carboxylic acids is 1. The smallest absolute Gasteiger partial charge is 0.253 e. The maximum atomic E-state index is 12.0. The number of amides is 1.